The number of nitrogens with two attached hydrogens (primary N) is 1. The predicted molar refractivity (Wildman–Crippen MR) is 89.6 cm³/mol. The molecule has 0 fully saturated rings. The monoisotopic (exact) mass is 316 g/mol. The average molecular weight is 316 g/mol. The molecule has 6 heteroatoms. The van der Waals surface area contributed by atoms with Gasteiger partial charge in [-0.15, -0.1) is 0 Å². The van der Waals surface area contributed by atoms with Gasteiger partial charge in [0, 0.05) is 24.3 Å². The van der Waals surface area contributed by atoms with Crippen LogP contribution in [0.5, 0.6) is 5.75 Å². The van der Waals surface area contributed by atoms with Gasteiger partial charge in [0.2, 0.25) is 0 Å². The number of hydrogen-bond donors (Lipinski definition) is 2. The summed E-state index contributed by atoms with van der Waals surface area (Å²) < 4.78 is 7.55. The van der Waals surface area contributed by atoms with Crippen LogP contribution in [0.3, 0.4) is 0 Å². The van der Waals surface area contributed by atoms with Gasteiger partial charge < -0.3 is 20.4 Å². The van der Waals surface area contributed by atoms with Crippen molar-refractivity contribution in [3.8, 4) is 5.75 Å². The first-order valence-corrected chi connectivity index (χ1v) is 7.81. The highest BCUT2D eigenvalue weighted by Crippen LogP contribution is 2.12. The Morgan fingerprint density at radius 2 is 2.04 bits per heavy atom. The van der Waals surface area contributed by atoms with Gasteiger partial charge >= 0.3 is 0 Å². The molecule has 124 valence electrons. The maximum atomic E-state index is 12.1. The van der Waals surface area contributed by atoms with Gasteiger partial charge in [-0.1, -0.05) is 0 Å². The maximum Gasteiger partial charge on any atom is 0.251 e. The molecule has 6 nitrogen and oxygen atoms in total. The number of nitrogens with zero attached hydrogens (tertiary/aromatic N) is 2. The number of carbonyl (C=O) groups is 1. The largest absolute Gasteiger partial charge is 0.494 e. The number of aryl methyl sites for hydroxylation is 1. The molecule has 0 radical (unpaired) electrons. The zero-order valence-corrected chi connectivity index (χ0v) is 13.7. The predicted octanol–water partition coefficient (Wildman–Crippen LogP) is 1.66. The number of ether oxygens (including phenoxy) is 1. The van der Waals surface area contributed by atoms with Crippen LogP contribution in [-0.2, 0) is 6.54 Å². The highest BCUT2D eigenvalue weighted by Gasteiger charge is 2.06. The quantitative estimate of drug-likeness (QED) is 0.726. The van der Waals surface area contributed by atoms with Crippen molar-refractivity contribution in [1.29, 1.82) is 0 Å². The number of nitrogens with one attached hydrogen (secondary N) is 1. The highest BCUT2D eigenvalue weighted by molar-refractivity contribution is 5.94. The second-order valence-corrected chi connectivity index (χ2v) is 5.38. The van der Waals surface area contributed by atoms with Gasteiger partial charge in [-0.25, -0.2) is 4.98 Å². The summed E-state index contributed by atoms with van der Waals surface area (Å²) in [5.41, 5.74) is 8.18. The molecule has 1 aromatic carbocycles. The van der Waals surface area contributed by atoms with E-state index in [-0.39, 0.29) is 5.91 Å². The molecule has 0 aliphatic carbocycles. The van der Waals surface area contributed by atoms with E-state index in [0.717, 1.165) is 23.6 Å². The van der Waals surface area contributed by atoms with E-state index < -0.39 is 0 Å². The molecule has 3 N–H and O–H groups in total. The van der Waals surface area contributed by atoms with E-state index in [1.165, 1.54) is 0 Å². The fourth-order valence-corrected chi connectivity index (χ4v) is 2.14. The lowest BCUT2D eigenvalue weighted by Crippen LogP contribution is -2.27. The summed E-state index contributed by atoms with van der Waals surface area (Å²) >= 11 is 0. The van der Waals surface area contributed by atoms with Gasteiger partial charge in [0.1, 0.15) is 5.75 Å². The minimum absolute atomic E-state index is 0.0898. The molecule has 2 rings (SSSR count). The topological polar surface area (TPSA) is 82.2 Å². The summed E-state index contributed by atoms with van der Waals surface area (Å²) in [7, 11) is 0. The third-order valence-corrected chi connectivity index (χ3v) is 3.72. The molecule has 1 amide bonds. The van der Waals surface area contributed by atoms with E-state index in [4.69, 9.17) is 10.5 Å². The number of aromatic nitrogens is 2. The van der Waals surface area contributed by atoms with Crippen molar-refractivity contribution >= 4 is 5.91 Å². The summed E-state index contributed by atoms with van der Waals surface area (Å²) in [6.07, 6.45) is 2.61. The molecular formula is C17H24N4O2. The van der Waals surface area contributed by atoms with Gasteiger partial charge in [0.15, 0.2) is 0 Å². The Kier molecular flexibility index (Phi) is 6.17. The molecule has 0 aliphatic rings. The number of carbonyl (C=O) groups excluding carboxylic acids is 1. The fraction of sp³-hybridized carbons (Fsp3) is 0.412. The SMILES string of the molecule is Cc1ncn(CCNC(=O)c2ccc(OCCCN)cc2)c1C. The summed E-state index contributed by atoms with van der Waals surface area (Å²) in [6.45, 7) is 6.46. The van der Waals surface area contributed by atoms with Crippen molar-refractivity contribution in [3.05, 3.63) is 47.5 Å². The van der Waals surface area contributed by atoms with Crippen LogP contribution in [0.2, 0.25) is 0 Å². The molecule has 2 aromatic rings. The molecule has 23 heavy (non-hydrogen) atoms. The normalized spacial score (nSPS) is 10.6. The summed E-state index contributed by atoms with van der Waals surface area (Å²) in [5, 5.41) is 2.91. The highest BCUT2D eigenvalue weighted by atomic mass is 16.5. The van der Waals surface area contributed by atoms with E-state index in [1.807, 2.05) is 18.4 Å². The van der Waals surface area contributed by atoms with Crippen molar-refractivity contribution in [1.82, 2.24) is 14.9 Å². The number of hydrogen-bond acceptors (Lipinski definition) is 4. The number of benzene rings is 1. The van der Waals surface area contributed by atoms with Crippen LogP contribution < -0.4 is 15.8 Å². The molecular weight excluding hydrogens is 292 g/mol. The van der Waals surface area contributed by atoms with Gasteiger partial charge in [-0.3, -0.25) is 4.79 Å². The second-order valence-electron chi connectivity index (χ2n) is 5.38. The zero-order valence-electron chi connectivity index (χ0n) is 13.7. The lowest BCUT2D eigenvalue weighted by atomic mass is 10.2. The Balaban J connectivity index is 1.80. The first-order valence-electron chi connectivity index (χ1n) is 7.81. The minimum Gasteiger partial charge on any atom is -0.494 e. The molecule has 0 aliphatic heterocycles. The van der Waals surface area contributed by atoms with Crippen molar-refractivity contribution in [2.75, 3.05) is 19.7 Å². The van der Waals surface area contributed by atoms with E-state index in [2.05, 4.69) is 10.3 Å². The van der Waals surface area contributed by atoms with E-state index in [0.29, 0.717) is 31.8 Å². The number of rotatable bonds is 8. The molecule has 0 saturated carbocycles. The third kappa shape index (κ3) is 4.82. The van der Waals surface area contributed by atoms with Crippen LogP contribution in [0.25, 0.3) is 0 Å². The minimum atomic E-state index is -0.0898. The van der Waals surface area contributed by atoms with Crippen LogP contribution in [0, 0.1) is 13.8 Å². The fourth-order valence-electron chi connectivity index (χ4n) is 2.14. The Labute approximate surface area is 136 Å². The van der Waals surface area contributed by atoms with Crippen LogP contribution >= 0.6 is 0 Å². The molecule has 0 saturated heterocycles. The summed E-state index contributed by atoms with van der Waals surface area (Å²) in [4.78, 5) is 16.3. The Bertz CT molecular complexity index is 635. The van der Waals surface area contributed by atoms with E-state index in [9.17, 15) is 4.79 Å². The lowest BCUT2D eigenvalue weighted by molar-refractivity contribution is 0.0952. The van der Waals surface area contributed by atoms with Crippen molar-refractivity contribution < 1.29 is 9.53 Å². The average Bonchev–Trinajstić information content (AvgIpc) is 2.88. The molecule has 0 spiro atoms. The van der Waals surface area contributed by atoms with Crippen molar-refractivity contribution in [2.24, 2.45) is 5.73 Å². The molecule has 0 atom stereocenters. The smallest absolute Gasteiger partial charge is 0.251 e. The molecule has 0 unspecified atom stereocenters. The van der Waals surface area contributed by atoms with E-state index >= 15 is 0 Å². The first-order chi connectivity index (χ1) is 11.1. The lowest BCUT2D eigenvalue weighted by Gasteiger charge is -2.09. The molecule has 0 bridgehead atoms. The second kappa shape index (κ2) is 8.33. The van der Waals surface area contributed by atoms with Crippen molar-refractivity contribution in [3.63, 3.8) is 0 Å². The zero-order chi connectivity index (χ0) is 16.7. The van der Waals surface area contributed by atoms with Crippen LogP contribution in [0.1, 0.15) is 28.2 Å². The summed E-state index contributed by atoms with van der Waals surface area (Å²) in [6, 6.07) is 7.13. The van der Waals surface area contributed by atoms with Crippen LogP contribution in [0.4, 0.5) is 0 Å². The Hall–Kier alpha value is -2.34. The third-order valence-electron chi connectivity index (χ3n) is 3.72. The molecule has 1 aromatic heterocycles. The van der Waals surface area contributed by atoms with E-state index in [1.54, 1.807) is 30.6 Å². The standard InChI is InChI=1S/C17H24N4O2/c1-13-14(2)21(12-20-13)10-9-19-17(22)15-4-6-16(7-5-15)23-11-3-8-18/h4-7,12H,3,8-11,18H2,1-2H3,(H,19,22). The number of imidazole rings is 1. The Morgan fingerprint density at radius 1 is 1.30 bits per heavy atom. The Morgan fingerprint density at radius 3 is 2.65 bits per heavy atom. The van der Waals surface area contributed by atoms with Gasteiger partial charge in [0.25, 0.3) is 5.91 Å². The molecule has 1 heterocycles. The summed E-state index contributed by atoms with van der Waals surface area (Å²) in [5.74, 6) is 0.660. The van der Waals surface area contributed by atoms with Gasteiger partial charge in [-0.05, 0) is 51.1 Å². The first kappa shape index (κ1) is 17.0. The van der Waals surface area contributed by atoms with Crippen LogP contribution in [-0.4, -0.2) is 35.2 Å². The van der Waals surface area contributed by atoms with Crippen molar-refractivity contribution in [2.45, 2.75) is 26.8 Å². The van der Waals surface area contributed by atoms with Gasteiger partial charge in [-0.2, -0.15) is 0 Å². The number of amides is 1. The maximum absolute atomic E-state index is 12.1. The van der Waals surface area contributed by atoms with Gasteiger partial charge in [0.05, 0.1) is 18.6 Å². The van der Waals surface area contributed by atoms with Crippen LogP contribution in [0.15, 0.2) is 30.6 Å².